The molecule has 2 aliphatic heterocycles. The molecule has 2 heterocycles. The molecule has 1 spiro atoms. The van der Waals surface area contributed by atoms with Crippen molar-refractivity contribution in [2.75, 3.05) is 26.2 Å². The zero-order valence-corrected chi connectivity index (χ0v) is 13.2. The summed E-state index contributed by atoms with van der Waals surface area (Å²) < 4.78 is 5.76. The molecule has 0 radical (unpaired) electrons. The quantitative estimate of drug-likeness (QED) is 0.838. The minimum Gasteiger partial charge on any atom is -0.378 e. The van der Waals surface area contributed by atoms with Crippen LogP contribution in [0.1, 0.15) is 64.7 Å². The van der Waals surface area contributed by atoms with Gasteiger partial charge >= 0.3 is 0 Å². The third kappa shape index (κ3) is 3.37. The molecule has 1 N–H and O–H groups in total. The van der Waals surface area contributed by atoms with Crippen molar-refractivity contribution in [3.05, 3.63) is 0 Å². The summed E-state index contributed by atoms with van der Waals surface area (Å²) >= 11 is 0. The van der Waals surface area contributed by atoms with Gasteiger partial charge in [0.15, 0.2) is 0 Å². The van der Waals surface area contributed by atoms with Gasteiger partial charge in [-0.05, 0) is 51.5 Å². The maximum atomic E-state index is 5.76. The van der Waals surface area contributed by atoms with Crippen molar-refractivity contribution in [1.82, 2.24) is 10.2 Å². The molecule has 2 atom stereocenters. The van der Waals surface area contributed by atoms with Crippen LogP contribution >= 0.6 is 0 Å². The van der Waals surface area contributed by atoms with E-state index in [1.54, 1.807) is 0 Å². The van der Waals surface area contributed by atoms with Gasteiger partial charge in [0.1, 0.15) is 0 Å². The molecule has 0 amide bonds. The van der Waals surface area contributed by atoms with E-state index in [9.17, 15) is 0 Å². The second kappa shape index (κ2) is 6.76. The van der Waals surface area contributed by atoms with E-state index in [0.717, 1.165) is 12.6 Å². The molecule has 2 unspecified atom stereocenters. The monoisotopic (exact) mass is 280 g/mol. The minimum absolute atomic E-state index is 0.468. The molecule has 0 aromatic heterocycles. The fraction of sp³-hybridized carbons (Fsp3) is 1.00. The smallest absolute Gasteiger partial charge is 0.0576 e. The van der Waals surface area contributed by atoms with Gasteiger partial charge in [-0.2, -0.15) is 0 Å². The molecule has 20 heavy (non-hydrogen) atoms. The SMILES string of the molecule is CCC1CNC2(CCCC2)CN1CCCC1CCCO1. The Balaban J connectivity index is 1.48. The zero-order valence-electron chi connectivity index (χ0n) is 13.2. The number of piperazine rings is 1. The Bertz CT molecular complexity index is 295. The van der Waals surface area contributed by atoms with Crippen molar-refractivity contribution in [3.63, 3.8) is 0 Å². The van der Waals surface area contributed by atoms with E-state index in [0.29, 0.717) is 11.6 Å². The van der Waals surface area contributed by atoms with Crippen LogP contribution < -0.4 is 5.32 Å². The largest absolute Gasteiger partial charge is 0.378 e. The van der Waals surface area contributed by atoms with E-state index in [-0.39, 0.29) is 0 Å². The summed E-state index contributed by atoms with van der Waals surface area (Å²) in [6.45, 7) is 7.11. The number of ether oxygens (including phenoxy) is 1. The fourth-order valence-electron chi connectivity index (χ4n) is 4.48. The number of rotatable bonds is 5. The van der Waals surface area contributed by atoms with Crippen molar-refractivity contribution < 1.29 is 4.74 Å². The lowest BCUT2D eigenvalue weighted by Gasteiger charge is -2.46. The molecule has 3 fully saturated rings. The topological polar surface area (TPSA) is 24.5 Å². The van der Waals surface area contributed by atoms with E-state index in [2.05, 4.69) is 17.1 Å². The van der Waals surface area contributed by atoms with Gasteiger partial charge in [-0.25, -0.2) is 0 Å². The molecule has 3 nitrogen and oxygen atoms in total. The second-order valence-electron chi connectivity index (χ2n) is 7.18. The number of nitrogens with zero attached hydrogens (tertiary/aromatic N) is 1. The Kier molecular flexibility index (Phi) is 5.00. The lowest BCUT2D eigenvalue weighted by molar-refractivity contribution is 0.0650. The van der Waals surface area contributed by atoms with Crippen molar-refractivity contribution >= 4 is 0 Å². The van der Waals surface area contributed by atoms with Crippen LogP contribution in [0.2, 0.25) is 0 Å². The number of hydrogen-bond donors (Lipinski definition) is 1. The van der Waals surface area contributed by atoms with Crippen LogP contribution in [0.25, 0.3) is 0 Å². The van der Waals surface area contributed by atoms with Crippen LogP contribution in [0.4, 0.5) is 0 Å². The maximum absolute atomic E-state index is 5.76. The molecule has 3 heteroatoms. The van der Waals surface area contributed by atoms with Gasteiger partial charge in [-0.3, -0.25) is 4.90 Å². The number of hydrogen-bond acceptors (Lipinski definition) is 3. The van der Waals surface area contributed by atoms with Crippen molar-refractivity contribution in [3.8, 4) is 0 Å². The van der Waals surface area contributed by atoms with Gasteiger partial charge in [-0.15, -0.1) is 0 Å². The van der Waals surface area contributed by atoms with Gasteiger partial charge < -0.3 is 10.1 Å². The summed E-state index contributed by atoms with van der Waals surface area (Å²) in [5, 5.41) is 3.89. The molecule has 2 saturated heterocycles. The van der Waals surface area contributed by atoms with Gasteiger partial charge in [0.2, 0.25) is 0 Å². The van der Waals surface area contributed by atoms with Crippen LogP contribution in [0.15, 0.2) is 0 Å². The first-order chi connectivity index (χ1) is 9.81. The van der Waals surface area contributed by atoms with Gasteiger partial charge in [0, 0.05) is 31.3 Å². The Morgan fingerprint density at radius 3 is 2.80 bits per heavy atom. The fourth-order valence-corrected chi connectivity index (χ4v) is 4.48. The highest BCUT2D eigenvalue weighted by Gasteiger charge is 2.40. The first-order valence-corrected chi connectivity index (χ1v) is 8.92. The first kappa shape index (κ1) is 14.8. The molecule has 0 aromatic rings. The van der Waals surface area contributed by atoms with E-state index in [1.807, 2.05) is 0 Å². The Morgan fingerprint density at radius 2 is 2.10 bits per heavy atom. The molecule has 3 rings (SSSR count). The highest BCUT2D eigenvalue weighted by molar-refractivity contribution is 5.00. The average Bonchev–Trinajstić information content (AvgIpc) is 3.12. The normalized spacial score (nSPS) is 34.0. The van der Waals surface area contributed by atoms with Crippen LogP contribution in [0.3, 0.4) is 0 Å². The lowest BCUT2D eigenvalue weighted by Crippen LogP contribution is -2.63. The standard InChI is InChI=1S/C17H32N2O/c1-2-15-13-18-17(9-3-4-10-17)14-19(15)11-5-7-16-8-6-12-20-16/h15-16,18H,2-14H2,1H3. The summed E-state index contributed by atoms with van der Waals surface area (Å²) in [6, 6.07) is 0.755. The molecule has 0 bridgehead atoms. The Morgan fingerprint density at radius 1 is 1.25 bits per heavy atom. The third-order valence-corrected chi connectivity index (χ3v) is 5.76. The highest BCUT2D eigenvalue weighted by atomic mass is 16.5. The van der Waals surface area contributed by atoms with Crippen molar-refractivity contribution in [2.24, 2.45) is 0 Å². The van der Waals surface area contributed by atoms with Crippen molar-refractivity contribution in [2.45, 2.75) is 82.4 Å². The predicted molar refractivity (Wildman–Crippen MR) is 83.1 cm³/mol. The van der Waals surface area contributed by atoms with E-state index < -0.39 is 0 Å². The molecule has 3 aliphatic rings. The Hall–Kier alpha value is -0.120. The molecule has 116 valence electrons. The van der Waals surface area contributed by atoms with Crippen LogP contribution in [0.5, 0.6) is 0 Å². The average molecular weight is 280 g/mol. The molecular formula is C17H32N2O. The van der Waals surface area contributed by atoms with E-state index >= 15 is 0 Å². The van der Waals surface area contributed by atoms with E-state index in [1.165, 1.54) is 77.4 Å². The summed E-state index contributed by atoms with van der Waals surface area (Å²) in [5.41, 5.74) is 0.468. The highest BCUT2D eigenvalue weighted by Crippen LogP contribution is 2.33. The van der Waals surface area contributed by atoms with Gasteiger partial charge in [0.05, 0.1) is 6.10 Å². The van der Waals surface area contributed by atoms with Gasteiger partial charge in [-0.1, -0.05) is 19.8 Å². The maximum Gasteiger partial charge on any atom is 0.0576 e. The van der Waals surface area contributed by atoms with Crippen molar-refractivity contribution in [1.29, 1.82) is 0 Å². The summed E-state index contributed by atoms with van der Waals surface area (Å²) in [7, 11) is 0. The lowest BCUT2D eigenvalue weighted by atomic mass is 9.91. The van der Waals surface area contributed by atoms with E-state index in [4.69, 9.17) is 4.74 Å². The molecule has 0 aromatic carbocycles. The molecule has 1 saturated carbocycles. The zero-order chi connectivity index (χ0) is 13.8. The minimum atomic E-state index is 0.468. The first-order valence-electron chi connectivity index (χ1n) is 8.92. The second-order valence-corrected chi connectivity index (χ2v) is 7.18. The molecular weight excluding hydrogens is 248 g/mol. The summed E-state index contributed by atoms with van der Waals surface area (Å²) in [4.78, 5) is 2.79. The Labute approximate surface area is 124 Å². The summed E-state index contributed by atoms with van der Waals surface area (Å²) in [6.07, 6.45) is 12.6. The number of nitrogens with one attached hydrogen (secondary N) is 1. The summed E-state index contributed by atoms with van der Waals surface area (Å²) in [5.74, 6) is 0. The predicted octanol–water partition coefficient (Wildman–Crippen LogP) is 2.94. The van der Waals surface area contributed by atoms with Gasteiger partial charge in [0.25, 0.3) is 0 Å². The van der Waals surface area contributed by atoms with Crippen LogP contribution in [-0.2, 0) is 4.74 Å². The van der Waals surface area contributed by atoms with Crippen LogP contribution in [0, 0.1) is 0 Å². The molecule has 1 aliphatic carbocycles. The third-order valence-electron chi connectivity index (χ3n) is 5.76. The van der Waals surface area contributed by atoms with Crippen LogP contribution in [-0.4, -0.2) is 48.8 Å².